The fraction of sp³-hybridized carbons (Fsp3) is 0.533. The summed E-state index contributed by atoms with van der Waals surface area (Å²) in [6.45, 7) is 1.02. The lowest BCUT2D eigenvalue weighted by atomic mass is 9.83. The maximum atomic E-state index is 11.6. The van der Waals surface area contributed by atoms with E-state index in [1.54, 1.807) is 0 Å². The molecule has 0 radical (unpaired) electrons. The Labute approximate surface area is 103 Å². The fourth-order valence-corrected chi connectivity index (χ4v) is 3.32. The van der Waals surface area contributed by atoms with E-state index < -0.39 is 0 Å². The summed E-state index contributed by atoms with van der Waals surface area (Å²) < 4.78 is 0. The number of hydrogen-bond donors (Lipinski definition) is 0. The van der Waals surface area contributed by atoms with Crippen molar-refractivity contribution < 1.29 is 4.79 Å². The maximum absolute atomic E-state index is 11.6. The molecular formula is C15H19NO. The second kappa shape index (κ2) is 4.61. The van der Waals surface area contributed by atoms with Crippen molar-refractivity contribution in [1.29, 1.82) is 0 Å². The molecule has 0 N–H and O–H groups in total. The molecular weight excluding hydrogens is 210 g/mol. The Bertz CT molecular complexity index is 385. The fourth-order valence-electron chi connectivity index (χ4n) is 3.32. The Morgan fingerprint density at radius 3 is 2.35 bits per heavy atom. The van der Waals surface area contributed by atoms with E-state index in [0.717, 1.165) is 19.4 Å². The van der Waals surface area contributed by atoms with Crippen LogP contribution < -0.4 is 0 Å². The van der Waals surface area contributed by atoms with Crippen molar-refractivity contribution in [2.24, 2.45) is 0 Å². The molecule has 2 aliphatic rings. The van der Waals surface area contributed by atoms with Gasteiger partial charge in [-0.05, 0) is 18.4 Å². The molecule has 3 rings (SSSR count). The normalized spacial score (nSPS) is 29.3. The topological polar surface area (TPSA) is 20.3 Å². The van der Waals surface area contributed by atoms with Gasteiger partial charge in [0.2, 0.25) is 0 Å². The number of carbonyl (C=O) groups is 1. The third kappa shape index (κ3) is 2.27. The highest BCUT2D eigenvalue weighted by atomic mass is 16.1. The zero-order valence-corrected chi connectivity index (χ0v) is 10.1. The molecule has 2 atom stereocenters. The number of fused-ring (bicyclic) bond motifs is 2. The zero-order chi connectivity index (χ0) is 11.7. The SMILES string of the molecule is O=C1C[C@H]2CCC[C@H](C1)N2Cc1ccccc1. The largest absolute Gasteiger partial charge is 0.300 e. The molecule has 2 heterocycles. The third-order valence-corrected chi connectivity index (χ3v) is 4.15. The van der Waals surface area contributed by atoms with Crippen molar-refractivity contribution in [3.05, 3.63) is 35.9 Å². The van der Waals surface area contributed by atoms with Crippen molar-refractivity contribution >= 4 is 5.78 Å². The quantitative estimate of drug-likeness (QED) is 0.777. The maximum Gasteiger partial charge on any atom is 0.136 e. The molecule has 0 saturated carbocycles. The van der Waals surface area contributed by atoms with Crippen molar-refractivity contribution in [2.75, 3.05) is 0 Å². The van der Waals surface area contributed by atoms with E-state index in [2.05, 4.69) is 35.2 Å². The summed E-state index contributed by atoms with van der Waals surface area (Å²) in [4.78, 5) is 14.2. The minimum Gasteiger partial charge on any atom is -0.300 e. The van der Waals surface area contributed by atoms with E-state index in [4.69, 9.17) is 0 Å². The predicted octanol–water partition coefficient (Wildman–Crippen LogP) is 2.77. The van der Waals surface area contributed by atoms with Crippen LogP contribution in [0.25, 0.3) is 0 Å². The average Bonchev–Trinajstić information content (AvgIpc) is 2.32. The highest BCUT2D eigenvalue weighted by Crippen LogP contribution is 2.33. The van der Waals surface area contributed by atoms with Crippen LogP contribution in [0.4, 0.5) is 0 Å². The Morgan fingerprint density at radius 2 is 1.71 bits per heavy atom. The summed E-state index contributed by atoms with van der Waals surface area (Å²) in [7, 11) is 0. The van der Waals surface area contributed by atoms with Gasteiger partial charge in [0, 0.05) is 31.5 Å². The van der Waals surface area contributed by atoms with Gasteiger partial charge < -0.3 is 0 Å². The second-order valence-corrected chi connectivity index (χ2v) is 5.34. The number of nitrogens with zero attached hydrogens (tertiary/aromatic N) is 1. The van der Waals surface area contributed by atoms with Gasteiger partial charge in [0.05, 0.1) is 0 Å². The molecule has 2 saturated heterocycles. The molecule has 17 heavy (non-hydrogen) atoms. The van der Waals surface area contributed by atoms with Gasteiger partial charge in [-0.3, -0.25) is 9.69 Å². The highest BCUT2D eigenvalue weighted by Gasteiger charge is 2.37. The van der Waals surface area contributed by atoms with Gasteiger partial charge in [0.25, 0.3) is 0 Å². The molecule has 2 aliphatic heterocycles. The summed E-state index contributed by atoms with van der Waals surface area (Å²) in [5.41, 5.74) is 1.37. The van der Waals surface area contributed by atoms with Gasteiger partial charge in [0.15, 0.2) is 0 Å². The van der Waals surface area contributed by atoms with Crippen LogP contribution in [0.1, 0.15) is 37.7 Å². The van der Waals surface area contributed by atoms with Crippen LogP contribution >= 0.6 is 0 Å². The molecule has 2 nitrogen and oxygen atoms in total. The number of carbonyl (C=O) groups excluding carboxylic acids is 1. The van der Waals surface area contributed by atoms with Crippen LogP contribution in [-0.4, -0.2) is 22.8 Å². The first-order chi connectivity index (χ1) is 8.33. The van der Waals surface area contributed by atoms with E-state index in [1.165, 1.54) is 24.8 Å². The predicted molar refractivity (Wildman–Crippen MR) is 67.7 cm³/mol. The van der Waals surface area contributed by atoms with E-state index in [-0.39, 0.29) is 0 Å². The molecule has 2 heteroatoms. The van der Waals surface area contributed by atoms with Crippen molar-refractivity contribution in [3.63, 3.8) is 0 Å². The number of hydrogen-bond acceptors (Lipinski definition) is 2. The molecule has 1 aromatic carbocycles. The Kier molecular flexibility index (Phi) is 2.98. The molecule has 0 aromatic heterocycles. The van der Waals surface area contributed by atoms with Crippen LogP contribution in [-0.2, 0) is 11.3 Å². The molecule has 0 unspecified atom stereocenters. The van der Waals surface area contributed by atoms with Gasteiger partial charge >= 0.3 is 0 Å². The zero-order valence-electron chi connectivity index (χ0n) is 10.1. The first-order valence-electron chi connectivity index (χ1n) is 6.64. The van der Waals surface area contributed by atoms with Crippen LogP contribution in [0, 0.1) is 0 Å². The minimum atomic E-state index is 0.476. The standard InChI is InChI=1S/C15H19NO/c17-15-9-13-7-4-8-14(10-15)16(13)11-12-5-2-1-3-6-12/h1-3,5-6,13-14H,4,7-11H2/t13-,14-/m1/s1. The van der Waals surface area contributed by atoms with Gasteiger partial charge in [-0.25, -0.2) is 0 Å². The summed E-state index contributed by atoms with van der Waals surface area (Å²) in [5, 5.41) is 0. The number of ketones is 1. The first kappa shape index (κ1) is 11.0. The van der Waals surface area contributed by atoms with Gasteiger partial charge in [-0.15, -0.1) is 0 Å². The van der Waals surface area contributed by atoms with E-state index >= 15 is 0 Å². The lowest BCUT2D eigenvalue weighted by Gasteiger charge is -2.45. The van der Waals surface area contributed by atoms with Crippen LogP contribution in [0.2, 0.25) is 0 Å². The Hall–Kier alpha value is -1.15. The first-order valence-corrected chi connectivity index (χ1v) is 6.64. The van der Waals surface area contributed by atoms with E-state index in [1.807, 2.05) is 0 Å². The number of rotatable bonds is 2. The van der Waals surface area contributed by atoms with E-state index in [9.17, 15) is 4.79 Å². The highest BCUT2D eigenvalue weighted by molar-refractivity contribution is 5.80. The molecule has 0 amide bonds. The summed E-state index contributed by atoms with van der Waals surface area (Å²) >= 11 is 0. The molecule has 1 aromatic rings. The molecule has 2 fully saturated rings. The smallest absolute Gasteiger partial charge is 0.136 e. The van der Waals surface area contributed by atoms with Gasteiger partial charge in [-0.1, -0.05) is 36.8 Å². The number of Topliss-reactive ketones (excluding diaryl/α,β-unsaturated/α-hetero) is 1. The van der Waals surface area contributed by atoms with Crippen molar-refractivity contribution in [1.82, 2.24) is 4.90 Å². The van der Waals surface area contributed by atoms with Crippen LogP contribution in [0.15, 0.2) is 30.3 Å². The van der Waals surface area contributed by atoms with Crippen molar-refractivity contribution in [2.45, 2.75) is 50.7 Å². The minimum absolute atomic E-state index is 0.476. The average molecular weight is 229 g/mol. The van der Waals surface area contributed by atoms with Crippen LogP contribution in [0.5, 0.6) is 0 Å². The molecule has 0 spiro atoms. The van der Waals surface area contributed by atoms with Gasteiger partial charge in [-0.2, -0.15) is 0 Å². The van der Waals surface area contributed by atoms with Crippen LogP contribution in [0.3, 0.4) is 0 Å². The molecule has 90 valence electrons. The van der Waals surface area contributed by atoms with Crippen molar-refractivity contribution in [3.8, 4) is 0 Å². The lowest BCUT2D eigenvalue weighted by Crippen LogP contribution is -2.51. The second-order valence-electron chi connectivity index (χ2n) is 5.34. The van der Waals surface area contributed by atoms with Gasteiger partial charge in [0.1, 0.15) is 5.78 Å². The monoisotopic (exact) mass is 229 g/mol. The molecule has 2 bridgehead atoms. The number of piperidine rings is 2. The summed E-state index contributed by atoms with van der Waals surface area (Å²) in [6, 6.07) is 11.6. The van der Waals surface area contributed by atoms with E-state index in [0.29, 0.717) is 17.9 Å². The summed E-state index contributed by atoms with van der Waals surface area (Å²) in [5.74, 6) is 0.476. The molecule has 0 aliphatic carbocycles. The summed E-state index contributed by atoms with van der Waals surface area (Å²) in [6.07, 6.45) is 5.27. The number of benzene rings is 1. The Morgan fingerprint density at radius 1 is 1.06 bits per heavy atom. The third-order valence-electron chi connectivity index (χ3n) is 4.15. The Balaban J connectivity index is 1.76. The lowest BCUT2D eigenvalue weighted by molar-refractivity contribution is -0.127.